The van der Waals surface area contributed by atoms with E-state index in [1.807, 2.05) is 17.5 Å². The van der Waals surface area contributed by atoms with Gasteiger partial charge in [-0.3, -0.25) is 0 Å². The number of thiazole rings is 1. The topological polar surface area (TPSA) is 52.6 Å². The molecule has 0 radical (unpaired) electrons. The summed E-state index contributed by atoms with van der Waals surface area (Å²) in [4.78, 5) is 4.20. The minimum Gasteiger partial charge on any atom is -0.493 e. The molecular weight excluding hydrogens is 288 g/mol. The van der Waals surface area contributed by atoms with Crippen molar-refractivity contribution in [2.45, 2.75) is 20.1 Å². The molecule has 0 atom stereocenters. The minimum absolute atomic E-state index is 0.400. The Kier molecular flexibility index (Phi) is 5.83. The van der Waals surface area contributed by atoms with Crippen molar-refractivity contribution in [3.63, 3.8) is 0 Å². The summed E-state index contributed by atoms with van der Waals surface area (Å²) < 4.78 is 16.7. The van der Waals surface area contributed by atoms with Gasteiger partial charge in [-0.1, -0.05) is 6.92 Å². The van der Waals surface area contributed by atoms with Crippen LogP contribution in [0, 0.1) is 0 Å². The predicted octanol–water partition coefficient (Wildman–Crippen LogP) is 2.85. The first-order chi connectivity index (χ1) is 10.3. The molecule has 0 aliphatic heterocycles. The summed E-state index contributed by atoms with van der Waals surface area (Å²) >= 11 is 1.56. The largest absolute Gasteiger partial charge is 0.493 e. The van der Waals surface area contributed by atoms with E-state index in [-0.39, 0.29) is 0 Å². The van der Waals surface area contributed by atoms with Gasteiger partial charge in [0.15, 0.2) is 11.5 Å². The van der Waals surface area contributed by atoms with Gasteiger partial charge in [-0.15, -0.1) is 11.3 Å². The molecule has 21 heavy (non-hydrogen) atoms. The molecule has 6 heteroatoms. The van der Waals surface area contributed by atoms with Crippen LogP contribution in [0.5, 0.6) is 17.2 Å². The molecule has 114 valence electrons. The van der Waals surface area contributed by atoms with Gasteiger partial charge < -0.3 is 19.5 Å². The molecule has 0 saturated carbocycles. The molecule has 0 amide bonds. The van der Waals surface area contributed by atoms with Gasteiger partial charge in [0.1, 0.15) is 11.6 Å². The van der Waals surface area contributed by atoms with Crippen LogP contribution in [0.15, 0.2) is 23.7 Å². The molecule has 1 heterocycles. The van der Waals surface area contributed by atoms with Gasteiger partial charge in [0.25, 0.3) is 0 Å². The van der Waals surface area contributed by atoms with Crippen LogP contribution in [0.4, 0.5) is 0 Å². The van der Waals surface area contributed by atoms with Crippen molar-refractivity contribution in [1.29, 1.82) is 0 Å². The molecule has 1 aromatic heterocycles. The first-order valence-electron chi connectivity index (χ1n) is 6.75. The smallest absolute Gasteiger partial charge is 0.203 e. The fourth-order valence-corrected chi connectivity index (χ4v) is 2.43. The second-order valence-electron chi connectivity index (χ2n) is 4.32. The molecule has 2 rings (SSSR count). The first-order valence-corrected chi connectivity index (χ1v) is 7.63. The zero-order valence-electron chi connectivity index (χ0n) is 12.5. The third-order valence-corrected chi connectivity index (χ3v) is 3.68. The van der Waals surface area contributed by atoms with Crippen LogP contribution in [-0.4, -0.2) is 25.7 Å². The van der Waals surface area contributed by atoms with Crippen LogP contribution in [-0.2, 0) is 13.2 Å². The minimum atomic E-state index is 0.400. The Bertz CT molecular complexity index is 533. The maximum absolute atomic E-state index is 5.83. The van der Waals surface area contributed by atoms with Crippen LogP contribution in [0.3, 0.4) is 0 Å². The Morgan fingerprint density at radius 1 is 1.19 bits per heavy atom. The van der Waals surface area contributed by atoms with E-state index in [1.54, 1.807) is 31.8 Å². The first kappa shape index (κ1) is 15.6. The third kappa shape index (κ3) is 4.09. The maximum atomic E-state index is 5.83. The molecule has 0 aliphatic carbocycles. The number of rotatable bonds is 8. The Balaban J connectivity index is 2.21. The summed E-state index contributed by atoms with van der Waals surface area (Å²) in [6.07, 6.45) is 1.76. The number of hydrogen-bond acceptors (Lipinski definition) is 6. The number of ether oxygens (including phenoxy) is 3. The Labute approximate surface area is 128 Å². The van der Waals surface area contributed by atoms with Gasteiger partial charge in [-0.25, -0.2) is 4.98 Å². The second-order valence-corrected chi connectivity index (χ2v) is 5.30. The lowest BCUT2D eigenvalue weighted by Crippen LogP contribution is -2.12. The summed E-state index contributed by atoms with van der Waals surface area (Å²) in [6, 6.07) is 3.92. The van der Waals surface area contributed by atoms with Crippen LogP contribution >= 0.6 is 11.3 Å². The quantitative estimate of drug-likeness (QED) is 0.812. The summed E-state index contributed by atoms with van der Waals surface area (Å²) in [5, 5.41) is 6.12. The van der Waals surface area contributed by atoms with Crippen molar-refractivity contribution in [2.24, 2.45) is 0 Å². The summed E-state index contributed by atoms with van der Waals surface area (Å²) in [6.45, 7) is 4.14. The third-order valence-electron chi connectivity index (χ3n) is 2.92. The Morgan fingerprint density at radius 2 is 1.90 bits per heavy atom. The summed E-state index contributed by atoms with van der Waals surface area (Å²) in [5.41, 5.74) is 1.09. The van der Waals surface area contributed by atoms with E-state index >= 15 is 0 Å². The Morgan fingerprint density at radius 3 is 2.43 bits per heavy atom. The van der Waals surface area contributed by atoms with Gasteiger partial charge in [0, 0.05) is 18.1 Å². The van der Waals surface area contributed by atoms with Crippen LogP contribution in [0.1, 0.15) is 17.5 Å². The molecular formula is C15H20N2O3S. The number of nitrogens with one attached hydrogen (secondary N) is 1. The standard InChI is InChI=1S/C15H20N2O3S/c1-4-16-9-11-7-12(18-2)15(13(8-11)19-3)20-10-14-17-5-6-21-14/h5-8,16H,4,9-10H2,1-3H3. The zero-order valence-corrected chi connectivity index (χ0v) is 13.3. The highest BCUT2D eigenvalue weighted by molar-refractivity contribution is 7.09. The van der Waals surface area contributed by atoms with Crippen LogP contribution in [0.25, 0.3) is 0 Å². The van der Waals surface area contributed by atoms with E-state index in [0.717, 1.165) is 23.7 Å². The number of benzene rings is 1. The van der Waals surface area contributed by atoms with E-state index in [4.69, 9.17) is 14.2 Å². The van der Waals surface area contributed by atoms with Crippen molar-refractivity contribution in [3.05, 3.63) is 34.3 Å². The predicted molar refractivity (Wildman–Crippen MR) is 83.4 cm³/mol. The number of methoxy groups -OCH3 is 2. The van der Waals surface area contributed by atoms with E-state index in [1.165, 1.54) is 0 Å². The normalized spacial score (nSPS) is 10.4. The lowest BCUT2D eigenvalue weighted by atomic mass is 10.1. The number of aromatic nitrogens is 1. The SMILES string of the molecule is CCNCc1cc(OC)c(OCc2nccs2)c(OC)c1. The maximum Gasteiger partial charge on any atom is 0.203 e. The molecule has 5 nitrogen and oxygen atoms in total. The van der Waals surface area contributed by atoms with E-state index in [0.29, 0.717) is 23.9 Å². The van der Waals surface area contributed by atoms with Crippen molar-refractivity contribution < 1.29 is 14.2 Å². The van der Waals surface area contributed by atoms with Gasteiger partial charge >= 0.3 is 0 Å². The van der Waals surface area contributed by atoms with Crippen LogP contribution in [0.2, 0.25) is 0 Å². The summed E-state index contributed by atoms with van der Waals surface area (Å²) in [7, 11) is 3.25. The molecule has 0 spiro atoms. The molecule has 0 unspecified atom stereocenters. The molecule has 0 fully saturated rings. The van der Waals surface area contributed by atoms with E-state index < -0.39 is 0 Å². The number of nitrogens with zero attached hydrogens (tertiary/aromatic N) is 1. The summed E-state index contributed by atoms with van der Waals surface area (Å²) in [5.74, 6) is 1.94. The molecule has 0 bridgehead atoms. The van der Waals surface area contributed by atoms with Gasteiger partial charge in [0.05, 0.1) is 14.2 Å². The van der Waals surface area contributed by atoms with Crippen LogP contribution < -0.4 is 19.5 Å². The fraction of sp³-hybridized carbons (Fsp3) is 0.400. The van der Waals surface area contributed by atoms with E-state index in [9.17, 15) is 0 Å². The van der Waals surface area contributed by atoms with Gasteiger partial charge in [-0.05, 0) is 24.2 Å². The molecule has 0 aliphatic rings. The molecule has 1 aromatic carbocycles. The molecule has 1 N–H and O–H groups in total. The average molecular weight is 308 g/mol. The van der Waals surface area contributed by atoms with Gasteiger partial charge in [-0.2, -0.15) is 0 Å². The van der Waals surface area contributed by atoms with Crippen molar-refractivity contribution in [3.8, 4) is 17.2 Å². The highest BCUT2D eigenvalue weighted by Crippen LogP contribution is 2.39. The number of hydrogen-bond donors (Lipinski definition) is 1. The highest BCUT2D eigenvalue weighted by atomic mass is 32.1. The average Bonchev–Trinajstić information content (AvgIpc) is 3.03. The highest BCUT2D eigenvalue weighted by Gasteiger charge is 2.14. The fourth-order valence-electron chi connectivity index (χ4n) is 1.91. The lowest BCUT2D eigenvalue weighted by molar-refractivity contribution is 0.265. The monoisotopic (exact) mass is 308 g/mol. The molecule has 2 aromatic rings. The van der Waals surface area contributed by atoms with Gasteiger partial charge in [0.2, 0.25) is 5.75 Å². The van der Waals surface area contributed by atoms with Crippen molar-refractivity contribution in [2.75, 3.05) is 20.8 Å². The Hall–Kier alpha value is -1.79. The zero-order chi connectivity index (χ0) is 15.1. The molecule has 0 saturated heterocycles. The van der Waals surface area contributed by atoms with Crippen molar-refractivity contribution >= 4 is 11.3 Å². The van der Waals surface area contributed by atoms with Crippen molar-refractivity contribution in [1.82, 2.24) is 10.3 Å². The lowest BCUT2D eigenvalue weighted by Gasteiger charge is -2.15. The van der Waals surface area contributed by atoms with E-state index in [2.05, 4.69) is 17.2 Å². The second kappa shape index (κ2) is 7.85.